The second-order valence-corrected chi connectivity index (χ2v) is 4.04. The number of hydrogen-bond acceptors (Lipinski definition) is 3. The molecule has 0 spiro atoms. The van der Waals surface area contributed by atoms with E-state index in [4.69, 9.17) is 10.5 Å². The number of anilines is 1. The molecule has 0 aliphatic carbocycles. The third-order valence-corrected chi connectivity index (χ3v) is 2.81. The van der Waals surface area contributed by atoms with Gasteiger partial charge in [0.05, 0.1) is 12.3 Å². The molecule has 18 heavy (non-hydrogen) atoms. The lowest BCUT2D eigenvalue weighted by Crippen LogP contribution is -1.97. The van der Waals surface area contributed by atoms with E-state index >= 15 is 0 Å². The van der Waals surface area contributed by atoms with Crippen molar-refractivity contribution in [1.82, 2.24) is 4.98 Å². The molecule has 0 saturated heterocycles. The predicted molar refractivity (Wildman–Crippen MR) is 74.6 cm³/mol. The van der Waals surface area contributed by atoms with Crippen LogP contribution in [0.2, 0.25) is 0 Å². The molecule has 0 fully saturated rings. The van der Waals surface area contributed by atoms with Crippen molar-refractivity contribution in [1.29, 1.82) is 0 Å². The zero-order chi connectivity index (χ0) is 13.0. The van der Waals surface area contributed by atoms with Crippen LogP contribution in [0.4, 0.5) is 5.82 Å². The maximum Gasteiger partial charge on any atom is 0.123 e. The van der Waals surface area contributed by atoms with Gasteiger partial charge in [0.15, 0.2) is 0 Å². The van der Waals surface area contributed by atoms with Crippen molar-refractivity contribution in [3.63, 3.8) is 0 Å². The number of nitrogens with zero attached hydrogens (tertiary/aromatic N) is 1. The van der Waals surface area contributed by atoms with Crippen LogP contribution in [0.1, 0.15) is 19.5 Å². The third kappa shape index (κ3) is 2.62. The van der Waals surface area contributed by atoms with Crippen molar-refractivity contribution >= 4 is 5.82 Å². The summed E-state index contributed by atoms with van der Waals surface area (Å²) >= 11 is 0. The summed E-state index contributed by atoms with van der Waals surface area (Å²) in [5, 5.41) is 0. The van der Waals surface area contributed by atoms with Gasteiger partial charge in [-0.15, -0.1) is 0 Å². The molecule has 0 saturated carbocycles. The Balaban J connectivity index is 2.36. The Hall–Kier alpha value is -2.03. The number of nitrogen functional groups attached to an aromatic ring is 1. The first kappa shape index (κ1) is 12.4. The largest absolute Gasteiger partial charge is 0.494 e. The van der Waals surface area contributed by atoms with Gasteiger partial charge in [-0.2, -0.15) is 0 Å². The zero-order valence-electron chi connectivity index (χ0n) is 10.8. The molecule has 1 heterocycles. The van der Waals surface area contributed by atoms with E-state index in [0.717, 1.165) is 29.0 Å². The molecular weight excluding hydrogens is 224 g/mol. The topological polar surface area (TPSA) is 48.1 Å². The normalized spacial score (nSPS) is 10.3. The van der Waals surface area contributed by atoms with Crippen molar-refractivity contribution < 1.29 is 4.74 Å². The number of ether oxygens (including phenoxy) is 1. The monoisotopic (exact) mass is 242 g/mol. The average molecular weight is 242 g/mol. The molecule has 0 unspecified atom stereocenters. The minimum Gasteiger partial charge on any atom is -0.494 e. The smallest absolute Gasteiger partial charge is 0.123 e. The zero-order valence-corrected chi connectivity index (χ0v) is 10.8. The van der Waals surface area contributed by atoms with E-state index in [1.54, 1.807) is 0 Å². The summed E-state index contributed by atoms with van der Waals surface area (Å²) in [6, 6.07) is 11.9. The number of pyridine rings is 1. The fraction of sp³-hybridized carbons (Fsp3) is 0.267. The van der Waals surface area contributed by atoms with Crippen LogP contribution in [0.15, 0.2) is 36.4 Å². The van der Waals surface area contributed by atoms with Crippen molar-refractivity contribution in [2.45, 2.75) is 20.3 Å². The van der Waals surface area contributed by atoms with Gasteiger partial charge in [-0.3, -0.25) is 0 Å². The Morgan fingerprint density at radius 3 is 2.39 bits per heavy atom. The van der Waals surface area contributed by atoms with Crippen LogP contribution in [0, 0.1) is 0 Å². The summed E-state index contributed by atoms with van der Waals surface area (Å²) in [7, 11) is 0. The first-order chi connectivity index (χ1) is 8.74. The van der Waals surface area contributed by atoms with Gasteiger partial charge >= 0.3 is 0 Å². The Morgan fingerprint density at radius 2 is 1.78 bits per heavy atom. The Labute approximate surface area is 108 Å². The summed E-state index contributed by atoms with van der Waals surface area (Å²) in [5.74, 6) is 1.46. The van der Waals surface area contributed by atoms with Crippen molar-refractivity contribution in [2.24, 2.45) is 0 Å². The van der Waals surface area contributed by atoms with Crippen LogP contribution < -0.4 is 10.5 Å². The molecule has 3 heteroatoms. The molecule has 1 aromatic heterocycles. The van der Waals surface area contributed by atoms with E-state index < -0.39 is 0 Å². The first-order valence-corrected chi connectivity index (χ1v) is 6.23. The lowest BCUT2D eigenvalue weighted by molar-refractivity contribution is 0.340. The highest BCUT2D eigenvalue weighted by molar-refractivity contribution is 5.67. The standard InChI is InChI=1S/C15H18N2O/c1-3-14-13(9-10-15(16)17-14)11-5-7-12(8-6-11)18-4-2/h5-10H,3-4H2,1-2H3,(H2,16,17). The fourth-order valence-corrected chi connectivity index (χ4v) is 1.95. The highest BCUT2D eigenvalue weighted by Gasteiger charge is 2.06. The molecule has 2 N–H and O–H groups in total. The SMILES string of the molecule is CCOc1ccc(-c2ccc(N)nc2CC)cc1. The van der Waals surface area contributed by atoms with E-state index in [-0.39, 0.29) is 0 Å². The molecule has 0 aliphatic heterocycles. The third-order valence-electron chi connectivity index (χ3n) is 2.81. The second kappa shape index (κ2) is 5.54. The molecule has 0 atom stereocenters. The van der Waals surface area contributed by atoms with Crippen molar-refractivity contribution in [3.05, 3.63) is 42.1 Å². The molecule has 2 rings (SSSR count). The van der Waals surface area contributed by atoms with Gasteiger partial charge in [0.1, 0.15) is 11.6 Å². The van der Waals surface area contributed by atoms with Crippen LogP contribution in [0.3, 0.4) is 0 Å². The highest BCUT2D eigenvalue weighted by Crippen LogP contribution is 2.26. The van der Waals surface area contributed by atoms with E-state index in [0.29, 0.717) is 12.4 Å². The molecular formula is C15H18N2O. The summed E-state index contributed by atoms with van der Waals surface area (Å²) < 4.78 is 5.44. The molecule has 1 aromatic carbocycles. The number of aryl methyl sites for hydroxylation is 1. The van der Waals surface area contributed by atoms with Crippen LogP contribution in [-0.2, 0) is 6.42 Å². The Kier molecular flexibility index (Phi) is 3.82. The van der Waals surface area contributed by atoms with E-state index in [9.17, 15) is 0 Å². The first-order valence-electron chi connectivity index (χ1n) is 6.23. The van der Waals surface area contributed by atoms with Gasteiger partial charge in [-0.1, -0.05) is 19.1 Å². The molecule has 2 aromatic rings. The lowest BCUT2D eigenvalue weighted by atomic mass is 10.0. The van der Waals surface area contributed by atoms with Gasteiger partial charge in [0, 0.05) is 5.56 Å². The van der Waals surface area contributed by atoms with Gasteiger partial charge < -0.3 is 10.5 Å². The van der Waals surface area contributed by atoms with Crippen LogP contribution in [0.25, 0.3) is 11.1 Å². The van der Waals surface area contributed by atoms with Gasteiger partial charge in [0.25, 0.3) is 0 Å². The Morgan fingerprint density at radius 1 is 1.06 bits per heavy atom. The van der Waals surface area contributed by atoms with E-state index in [1.807, 2.05) is 31.2 Å². The maximum atomic E-state index is 5.71. The van der Waals surface area contributed by atoms with Crippen LogP contribution >= 0.6 is 0 Å². The molecule has 94 valence electrons. The van der Waals surface area contributed by atoms with Crippen LogP contribution in [-0.4, -0.2) is 11.6 Å². The minimum atomic E-state index is 0.571. The van der Waals surface area contributed by atoms with Crippen molar-refractivity contribution in [2.75, 3.05) is 12.3 Å². The fourth-order valence-electron chi connectivity index (χ4n) is 1.95. The molecule has 0 amide bonds. The number of rotatable bonds is 4. The number of hydrogen-bond donors (Lipinski definition) is 1. The highest BCUT2D eigenvalue weighted by atomic mass is 16.5. The minimum absolute atomic E-state index is 0.571. The molecule has 0 bridgehead atoms. The van der Waals surface area contributed by atoms with Gasteiger partial charge in [-0.05, 0) is 43.2 Å². The Bertz CT molecular complexity index is 521. The van der Waals surface area contributed by atoms with E-state index in [1.165, 1.54) is 0 Å². The molecule has 0 aliphatic rings. The van der Waals surface area contributed by atoms with Gasteiger partial charge in [0.2, 0.25) is 0 Å². The summed E-state index contributed by atoms with van der Waals surface area (Å²) in [6.07, 6.45) is 0.869. The van der Waals surface area contributed by atoms with Crippen LogP contribution in [0.5, 0.6) is 5.75 Å². The average Bonchev–Trinajstić information content (AvgIpc) is 2.40. The molecule has 0 radical (unpaired) electrons. The van der Waals surface area contributed by atoms with Gasteiger partial charge in [-0.25, -0.2) is 4.98 Å². The lowest BCUT2D eigenvalue weighted by Gasteiger charge is -2.09. The second-order valence-electron chi connectivity index (χ2n) is 4.04. The summed E-state index contributed by atoms with van der Waals surface area (Å²) in [4.78, 5) is 4.37. The summed E-state index contributed by atoms with van der Waals surface area (Å²) in [5.41, 5.74) is 9.02. The number of nitrogens with two attached hydrogens (primary N) is 1. The van der Waals surface area contributed by atoms with E-state index in [2.05, 4.69) is 24.0 Å². The quantitative estimate of drug-likeness (QED) is 0.895. The summed E-state index contributed by atoms with van der Waals surface area (Å²) in [6.45, 7) is 4.75. The number of benzene rings is 1. The predicted octanol–water partition coefficient (Wildman–Crippen LogP) is 3.29. The molecule has 3 nitrogen and oxygen atoms in total. The number of aromatic nitrogens is 1. The maximum absolute atomic E-state index is 5.71. The van der Waals surface area contributed by atoms with Crippen molar-refractivity contribution in [3.8, 4) is 16.9 Å².